The molecule has 98 valence electrons. The van der Waals surface area contributed by atoms with Crippen LogP contribution in [0.1, 0.15) is 12.8 Å². The Balaban J connectivity index is 2.76. The molecule has 1 aromatic carbocycles. The number of rotatable bonds is 5. The fourth-order valence-electron chi connectivity index (χ4n) is 1.57. The van der Waals surface area contributed by atoms with E-state index in [9.17, 15) is 9.59 Å². The number of carboxylic acid groups (broad SMARTS) is 1. The van der Waals surface area contributed by atoms with Crippen LogP contribution in [0.15, 0.2) is 30.3 Å². The lowest BCUT2D eigenvalue weighted by Crippen LogP contribution is -2.40. The molecule has 0 aromatic heterocycles. The van der Waals surface area contributed by atoms with Crippen LogP contribution in [0.25, 0.3) is 0 Å². The lowest BCUT2D eigenvalue weighted by atomic mass is 10.2. The van der Waals surface area contributed by atoms with E-state index in [1.807, 2.05) is 30.3 Å². The first-order valence-electron chi connectivity index (χ1n) is 5.78. The Morgan fingerprint density at radius 3 is 2.28 bits per heavy atom. The van der Waals surface area contributed by atoms with Crippen molar-refractivity contribution in [3.8, 4) is 0 Å². The third-order valence-corrected chi connectivity index (χ3v) is 2.45. The summed E-state index contributed by atoms with van der Waals surface area (Å²) in [5.74, 6) is -0.847. The first-order chi connectivity index (χ1) is 8.52. The minimum absolute atomic E-state index is 0.0596. The van der Waals surface area contributed by atoms with Crippen molar-refractivity contribution < 1.29 is 14.7 Å². The second-order valence-electron chi connectivity index (χ2n) is 4.16. The van der Waals surface area contributed by atoms with Crippen LogP contribution < -0.4 is 4.90 Å². The van der Waals surface area contributed by atoms with Gasteiger partial charge in [0.25, 0.3) is 0 Å². The average Bonchev–Trinajstić information content (AvgIpc) is 2.34. The summed E-state index contributed by atoms with van der Waals surface area (Å²) >= 11 is 0. The number of carbonyl (C=O) groups excluding carboxylic acids is 1. The lowest BCUT2D eigenvalue weighted by Gasteiger charge is -2.26. The molecule has 1 aromatic rings. The predicted molar refractivity (Wildman–Crippen MR) is 69.7 cm³/mol. The Bertz CT molecular complexity index is 404. The van der Waals surface area contributed by atoms with Crippen LogP contribution in [-0.4, -0.2) is 42.6 Å². The number of anilines is 1. The fourth-order valence-corrected chi connectivity index (χ4v) is 1.57. The highest BCUT2D eigenvalue weighted by Gasteiger charge is 2.17. The number of nitrogens with zero attached hydrogens (tertiary/aromatic N) is 2. The van der Waals surface area contributed by atoms with Crippen LogP contribution in [0.2, 0.25) is 0 Å². The molecule has 5 nitrogen and oxygen atoms in total. The largest absolute Gasteiger partial charge is 0.481 e. The molecule has 1 rings (SSSR count). The van der Waals surface area contributed by atoms with E-state index in [0.717, 1.165) is 5.69 Å². The second kappa shape index (κ2) is 6.64. The Morgan fingerprint density at radius 1 is 1.17 bits per heavy atom. The zero-order valence-corrected chi connectivity index (χ0v) is 10.7. The minimum atomic E-state index is -0.847. The van der Waals surface area contributed by atoms with Crippen LogP contribution in [-0.2, 0) is 4.79 Å². The molecule has 2 amide bonds. The maximum absolute atomic E-state index is 12.0. The normalized spacial score (nSPS) is 9.89. The number of para-hydroxylation sites is 1. The molecule has 5 heteroatoms. The van der Waals surface area contributed by atoms with E-state index in [-0.39, 0.29) is 12.5 Å². The van der Waals surface area contributed by atoms with Gasteiger partial charge < -0.3 is 10.0 Å². The highest BCUT2D eigenvalue weighted by Crippen LogP contribution is 2.15. The molecule has 0 radical (unpaired) electrons. The maximum Gasteiger partial charge on any atom is 0.323 e. The molecule has 18 heavy (non-hydrogen) atoms. The van der Waals surface area contributed by atoms with Gasteiger partial charge in [-0.3, -0.25) is 9.69 Å². The first-order valence-corrected chi connectivity index (χ1v) is 5.78. The van der Waals surface area contributed by atoms with Crippen LogP contribution in [0, 0.1) is 0 Å². The van der Waals surface area contributed by atoms with Gasteiger partial charge in [-0.05, 0) is 18.6 Å². The van der Waals surface area contributed by atoms with Gasteiger partial charge in [0.15, 0.2) is 0 Å². The zero-order valence-electron chi connectivity index (χ0n) is 10.7. The van der Waals surface area contributed by atoms with E-state index >= 15 is 0 Å². The van der Waals surface area contributed by atoms with Gasteiger partial charge in [-0.15, -0.1) is 0 Å². The van der Waals surface area contributed by atoms with Gasteiger partial charge in [0, 0.05) is 32.7 Å². The molecule has 0 aliphatic carbocycles. The number of amides is 2. The van der Waals surface area contributed by atoms with E-state index in [1.54, 1.807) is 19.0 Å². The molecule has 0 fully saturated rings. The number of hydrogen-bond acceptors (Lipinski definition) is 2. The third-order valence-electron chi connectivity index (χ3n) is 2.45. The number of benzene rings is 1. The summed E-state index contributed by atoms with van der Waals surface area (Å²) in [4.78, 5) is 25.6. The van der Waals surface area contributed by atoms with E-state index < -0.39 is 5.97 Å². The Kier molecular flexibility index (Phi) is 5.17. The van der Waals surface area contributed by atoms with Crippen LogP contribution in [0.5, 0.6) is 0 Å². The molecule has 0 aliphatic rings. The molecule has 0 unspecified atom stereocenters. The molecule has 0 saturated heterocycles. The molecule has 0 bridgehead atoms. The van der Waals surface area contributed by atoms with Gasteiger partial charge in [-0.25, -0.2) is 4.79 Å². The van der Waals surface area contributed by atoms with E-state index in [4.69, 9.17) is 5.11 Å². The standard InChI is InChI=1S/C13H18N2O3/c1-14(2)13(18)15(10-6-9-12(16)17)11-7-4-3-5-8-11/h3-5,7-8H,6,9-10H2,1-2H3,(H,16,17). The van der Waals surface area contributed by atoms with Gasteiger partial charge in [-0.2, -0.15) is 0 Å². The number of urea groups is 1. The molecular formula is C13H18N2O3. The van der Waals surface area contributed by atoms with E-state index in [2.05, 4.69) is 0 Å². The summed E-state index contributed by atoms with van der Waals surface area (Å²) in [6.07, 6.45) is 0.494. The molecule has 0 saturated carbocycles. The van der Waals surface area contributed by atoms with Crippen molar-refractivity contribution >= 4 is 17.7 Å². The summed E-state index contributed by atoms with van der Waals surface area (Å²) in [6.45, 7) is 0.396. The van der Waals surface area contributed by atoms with Crippen molar-refractivity contribution in [1.82, 2.24) is 4.90 Å². The van der Waals surface area contributed by atoms with Gasteiger partial charge >= 0.3 is 12.0 Å². The van der Waals surface area contributed by atoms with Crippen molar-refractivity contribution in [3.05, 3.63) is 30.3 Å². The lowest BCUT2D eigenvalue weighted by molar-refractivity contribution is -0.137. The van der Waals surface area contributed by atoms with Crippen molar-refractivity contribution in [3.63, 3.8) is 0 Å². The number of hydrogen-bond donors (Lipinski definition) is 1. The Labute approximate surface area is 107 Å². The zero-order chi connectivity index (χ0) is 13.5. The summed E-state index contributed by atoms with van der Waals surface area (Å²) in [5.41, 5.74) is 0.779. The number of aliphatic carboxylic acids is 1. The highest BCUT2D eigenvalue weighted by molar-refractivity contribution is 5.91. The van der Waals surface area contributed by atoms with E-state index in [1.165, 1.54) is 4.90 Å². The molecular weight excluding hydrogens is 232 g/mol. The molecule has 1 N–H and O–H groups in total. The average molecular weight is 250 g/mol. The van der Waals surface area contributed by atoms with E-state index in [0.29, 0.717) is 13.0 Å². The van der Waals surface area contributed by atoms with Crippen LogP contribution in [0.4, 0.5) is 10.5 Å². The smallest absolute Gasteiger partial charge is 0.323 e. The summed E-state index contributed by atoms with van der Waals surface area (Å²) in [5, 5.41) is 8.63. The Hall–Kier alpha value is -2.04. The quantitative estimate of drug-likeness (QED) is 0.869. The molecule has 0 atom stereocenters. The summed E-state index contributed by atoms with van der Waals surface area (Å²) in [6, 6.07) is 9.10. The molecule has 0 heterocycles. The van der Waals surface area contributed by atoms with Crippen molar-refractivity contribution in [2.24, 2.45) is 0 Å². The number of carbonyl (C=O) groups is 2. The van der Waals surface area contributed by atoms with Gasteiger partial charge in [0.05, 0.1) is 0 Å². The van der Waals surface area contributed by atoms with Crippen molar-refractivity contribution in [1.29, 1.82) is 0 Å². The SMILES string of the molecule is CN(C)C(=O)N(CCCC(=O)O)c1ccccc1. The van der Waals surface area contributed by atoms with Crippen molar-refractivity contribution in [2.45, 2.75) is 12.8 Å². The van der Waals surface area contributed by atoms with Gasteiger partial charge in [0.1, 0.15) is 0 Å². The van der Waals surface area contributed by atoms with Gasteiger partial charge in [-0.1, -0.05) is 18.2 Å². The Morgan fingerprint density at radius 2 is 1.78 bits per heavy atom. The van der Waals surface area contributed by atoms with Crippen LogP contribution in [0.3, 0.4) is 0 Å². The summed E-state index contributed by atoms with van der Waals surface area (Å²) in [7, 11) is 3.35. The predicted octanol–water partition coefficient (Wildman–Crippen LogP) is 2.04. The third kappa shape index (κ3) is 4.08. The minimum Gasteiger partial charge on any atom is -0.481 e. The molecule has 0 spiro atoms. The summed E-state index contributed by atoms with van der Waals surface area (Å²) < 4.78 is 0. The topological polar surface area (TPSA) is 60.9 Å². The second-order valence-corrected chi connectivity index (χ2v) is 4.16. The highest BCUT2D eigenvalue weighted by atomic mass is 16.4. The van der Waals surface area contributed by atoms with Gasteiger partial charge in [0.2, 0.25) is 0 Å². The fraction of sp³-hybridized carbons (Fsp3) is 0.385. The molecule has 0 aliphatic heterocycles. The first kappa shape index (κ1) is 14.0. The van der Waals surface area contributed by atoms with Crippen LogP contribution >= 0.6 is 0 Å². The maximum atomic E-state index is 12.0. The van der Waals surface area contributed by atoms with Crippen molar-refractivity contribution in [2.75, 3.05) is 25.5 Å². The monoisotopic (exact) mass is 250 g/mol. The number of carboxylic acids is 1.